The summed E-state index contributed by atoms with van der Waals surface area (Å²) in [5.74, 6) is -0.178. The van der Waals surface area contributed by atoms with E-state index in [-0.39, 0.29) is 5.91 Å². The summed E-state index contributed by atoms with van der Waals surface area (Å²) in [6.45, 7) is 2.36. The fraction of sp³-hybridized carbons (Fsp3) is 0.214. The van der Waals surface area contributed by atoms with Gasteiger partial charge in [-0.15, -0.1) is 0 Å². The molecule has 0 bridgehead atoms. The van der Waals surface area contributed by atoms with Crippen LogP contribution in [0.5, 0.6) is 0 Å². The molecule has 0 saturated heterocycles. The zero-order chi connectivity index (χ0) is 14.1. The Kier molecular flexibility index (Phi) is 2.98. The van der Waals surface area contributed by atoms with E-state index in [4.69, 9.17) is 0 Å². The van der Waals surface area contributed by atoms with Crippen LogP contribution >= 0.6 is 0 Å². The van der Waals surface area contributed by atoms with Crippen LogP contribution in [0.3, 0.4) is 0 Å². The first-order valence-electron chi connectivity index (χ1n) is 6.35. The summed E-state index contributed by atoms with van der Waals surface area (Å²) in [6, 6.07) is 7.68. The fourth-order valence-electron chi connectivity index (χ4n) is 2.19. The van der Waals surface area contributed by atoms with E-state index in [0.717, 1.165) is 22.2 Å². The molecule has 1 amide bonds. The topological polar surface area (TPSA) is 75.6 Å². The van der Waals surface area contributed by atoms with Crippen LogP contribution in [0.15, 0.2) is 30.5 Å². The Morgan fingerprint density at radius 1 is 1.40 bits per heavy atom. The van der Waals surface area contributed by atoms with Crippen molar-refractivity contribution in [2.45, 2.75) is 13.5 Å². The Morgan fingerprint density at radius 3 is 2.95 bits per heavy atom. The van der Waals surface area contributed by atoms with Crippen LogP contribution in [0.2, 0.25) is 0 Å². The minimum absolute atomic E-state index is 0.178. The summed E-state index contributed by atoms with van der Waals surface area (Å²) in [4.78, 5) is 12.3. The number of carbonyl (C=O) groups is 1. The van der Waals surface area contributed by atoms with Crippen LogP contribution in [-0.2, 0) is 13.6 Å². The number of hydrogen-bond donors (Lipinski definition) is 2. The van der Waals surface area contributed by atoms with Gasteiger partial charge in [0.1, 0.15) is 0 Å². The Balaban J connectivity index is 1.84. The van der Waals surface area contributed by atoms with Crippen LogP contribution in [0.25, 0.3) is 10.9 Å². The molecule has 0 aliphatic carbocycles. The lowest BCUT2D eigenvalue weighted by Crippen LogP contribution is -2.23. The highest BCUT2D eigenvalue weighted by Crippen LogP contribution is 2.17. The summed E-state index contributed by atoms with van der Waals surface area (Å²) in [5.41, 5.74) is 3.32. The Morgan fingerprint density at radius 2 is 2.20 bits per heavy atom. The van der Waals surface area contributed by atoms with Gasteiger partial charge in [-0.1, -0.05) is 18.2 Å². The maximum atomic E-state index is 12.3. The van der Waals surface area contributed by atoms with E-state index in [1.54, 1.807) is 10.9 Å². The lowest BCUT2D eigenvalue weighted by Gasteiger charge is -2.02. The molecule has 102 valence electrons. The lowest BCUT2D eigenvalue weighted by molar-refractivity contribution is 0.0946. The predicted octanol–water partition coefficient (Wildman–Crippen LogP) is 1.53. The molecular weight excluding hydrogens is 254 g/mol. The van der Waals surface area contributed by atoms with Crippen LogP contribution in [0.1, 0.15) is 21.7 Å². The van der Waals surface area contributed by atoms with Crippen molar-refractivity contribution in [2.24, 2.45) is 7.05 Å². The van der Waals surface area contributed by atoms with Gasteiger partial charge in [0.2, 0.25) is 0 Å². The van der Waals surface area contributed by atoms with Gasteiger partial charge < -0.3 is 5.32 Å². The highest BCUT2D eigenvalue weighted by Gasteiger charge is 2.15. The molecule has 0 aliphatic rings. The summed E-state index contributed by atoms with van der Waals surface area (Å²) >= 11 is 0. The number of amides is 1. The van der Waals surface area contributed by atoms with E-state index >= 15 is 0 Å². The first-order chi connectivity index (χ1) is 9.66. The number of fused-ring (bicyclic) bond motifs is 1. The molecule has 2 N–H and O–H groups in total. The van der Waals surface area contributed by atoms with Gasteiger partial charge in [0.15, 0.2) is 5.69 Å². The van der Waals surface area contributed by atoms with Crippen LogP contribution < -0.4 is 5.32 Å². The van der Waals surface area contributed by atoms with Crippen molar-refractivity contribution in [3.05, 3.63) is 47.4 Å². The van der Waals surface area contributed by atoms with Gasteiger partial charge in [0, 0.05) is 30.2 Å². The summed E-state index contributed by atoms with van der Waals surface area (Å²) < 4.78 is 1.72. The molecule has 0 unspecified atom stereocenters. The normalized spacial score (nSPS) is 10.9. The van der Waals surface area contributed by atoms with Crippen LogP contribution in [0, 0.1) is 6.92 Å². The number of benzene rings is 1. The third-order valence-electron chi connectivity index (χ3n) is 3.35. The second kappa shape index (κ2) is 4.80. The smallest absolute Gasteiger partial charge is 0.272 e. The number of para-hydroxylation sites is 1. The standard InChI is InChI=1S/C14H15N5O/c1-9-10(8-16-17-9)7-15-14(20)13-11-5-3-4-6-12(11)19(2)18-13/h3-6,8H,7H2,1-2H3,(H,15,20)(H,16,17). The molecule has 3 aromatic rings. The van der Waals surface area contributed by atoms with E-state index < -0.39 is 0 Å². The first-order valence-corrected chi connectivity index (χ1v) is 6.35. The van der Waals surface area contributed by atoms with Gasteiger partial charge >= 0.3 is 0 Å². The number of rotatable bonds is 3. The molecule has 6 nitrogen and oxygen atoms in total. The number of carbonyl (C=O) groups excluding carboxylic acids is 1. The molecule has 3 rings (SSSR count). The van der Waals surface area contributed by atoms with E-state index in [9.17, 15) is 4.79 Å². The molecule has 0 atom stereocenters. The second-order valence-electron chi connectivity index (χ2n) is 4.69. The molecule has 0 spiro atoms. The van der Waals surface area contributed by atoms with Gasteiger partial charge in [-0.3, -0.25) is 14.6 Å². The van der Waals surface area contributed by atoms with Crippen molar-refractivity contribution < 1.29 is 4.79 Å². The fourth-order valence-corrected chi connectivity index (χ4v) is 2.19. The third-order valence-corrected chi connectivity index (χ3v) is 3.35. The molecule has 6 heteroatoms. The maximum Gasteiger partial charge on any atom is 0.272 e. The maximum absolute atomic E-state index is 12.3. The van der Waals surface area contributed by atoms with Crippen molar-refractivity contribution in [2.75, 3.05) is 0 Å². The summed E-state index contributed by atoms with van der Waals surface area (Å²) in [6.07, 6.45) is 1.71. The van der Waals surface area contributed by atoms with Crippen molar-refractivity contribution in [3.8, 4) is 0 Å². The van der Waals surface area contributed by atoms with E-state index in [1.807, 2.05) is 38.2 Å². The third kappa shape index (κ3) is 2.05. The molecular formula is C14H15N5O. The average Bonchev–Trinajstić information content (AvgIpc) is 3.01. The van der Waals surface area contributed by atoms with Gasteiger partial charge in [-0.25, -0.2) is 0 Å². The number of aromatic nitrogens is 4. The molecule has 0 aliphatic heterocycles. The number of aromatic amines is 1. The number of H-pyrrole nitrogens is 1. The molecule has 2 heterocycles. The zero-order valence-corrected chi connectivity index (χ0v) is 11.3. The quantitative estimate of drug-likeness (QED) is 0.757. The summed E-state index contributed by atoms with van der Waals surface area (Å²) in [5, 5.41) is 14.8. The number of nitrogens with one attached hydrogen (secondary N) is 2. The highest BCUT2D eigenvalue weighted by atomic mass is 16.1. The molecule has 0 radical (unpaired) electrons. The highest BCUT2D eigenvalue weighted by molar-refractivity contribution is 6.04. The van der Waals surface area contributed by atoms with Gasteiger partial charge in [0.25, 0.3) is 5.91 Å². The van der Waals surface area contributed by atoms with Crippen molar-refractivity contribution >= 4 is 16.8 Å². The lowest BCUT2D eigenvalue weighted by atomic mass is 10.2. The largest absolute Gasteiger partial charge is 0.346 e. The Bertz CT molecular complexity index is 771. The minimum atomic E-state index is -0.178. The van der Waals surface area contributed by atoms with E-state index in [1.165, 1.54) is 0 Å². The van der Waals surface area contributed by atoms with Crippen LogP contribution in [0.4, 0.5) is 0 Å². The van der Waals surface area contributed by atoms with E-state index in [2.05, 4.69) is 20.6 Å². The van der Waals surface area contributed by atoms with Crippen LogP contribution in [-0.4, -0.2) is 25.9 Å². The monoisotopic (exact) mass is 269 g/mol. The molecule has 0 saturated carbocycles. The van der Waals surface area contributed by atoms with Crippen molar-refractivity contribution in [3.63, 3.8) is 0 Å². The second-order valence-corrected chi connectivity index (χ2v) is 4.69. The van der Waals surface area contributed by atoms with Crippen molar-refractivity contribution in [1.29, 1.82) is 0 Å². The van der Waals surface area contributed by atoms with E-state index in [0.29, 0.717) is 12.2 Å². The first kappa shape index (κ1) is 12.4. The average molecular weight is 269 g/mol. The van der Waals surface area contributed by atoms with Crippen molar-refractivity contribution in [1.82, 2.24) is 25.3 Å². The number of aryl methyl sites for hydroxylation is 2. The SMILES string of the molecule is Cc1[nH]ncc1CNC(=O)c1nn(C)c2ccccc12. The van der Waals surface area contributed by atoms with Gasteiger partial charge in [-0.2, -0.15) is 10.2 Å². The molecule has 2 aromatic heterocycles. The van der Waals surface area contributed by atoms with Gasteiger partial charge in [-0.05, 0) is 13.0 Å². The molecule has 0 fully saturated rings. The molecule has 20 heavy (non-hydrogen) atoms. The Hall–Kier alpha value is -2.63. The summed E-state index contributed by atoms with van der Waals surface area (Å²) in [7, 11) is 1.83. The number of hydrogen-bond acceptors (Lipinski definition) is 3. The minimum Gasteiger partial charge on any atom is -0.346 e. The zero-order valence-electron chi connectivity index (χ0n) is 11.3. The number of nitrogens with zero attached hydrogens (tertiary/aromatic N) is 3. The van der Waals surface area contributed by atoms with Gasteiger partial charge in [0.05, 0.1) is 11.7 Å². The Labute approximate surface area is 115 Å². The predicted molar refractivity (Wildman–Crippen MR) is 75.2 cm³/mol. The molecule has 1 aromatic carbocycles.